The van der Waals surface area contributed by atoms with E-state index in [0.29, 0.717) is 5.92 Å². The minimum atomic E-state index is -0.339. The highest BCUT2D eigenvalue weighted by Crippen LogP contribution is 2.26. The lowest BCUT2D eigenvalue weighted by molar-refractivity contribution is -0.0739. The Bertz CT molecular complexity index is 158. The SMILES string of the molecule is COC(C(O)CCCC(C)C)C(C)(C)C. The second kappa shape index (κ2) is 6.49. The molecule has 2 nitrogen and oxygen atoms in total. The molecule has 0 radical (unpaired) electrons. The molecule has 0 bridgehead atoms. The van der Waals surface area contributed by atoms with Crippen molar-refractivity contribution in [3.8, 4) is 0 Å². The number of hydrogen-bond acceptors (Lipinski definition) is 2. The molecule has 15 heavy (non-hydrogen) atoms. The number of ether oxygens (including phenoxy) is 1. The quantitative estimate of drug-likeness (QED) is 0.738. The summed E-state index contributed by atoms with van der Waals surface area (Å²) in [5, 5.41) is 10.0. The van der Waals surface area contributed by atoms with E-state index in [-0.39, 0.29) is 17.6 Å². The van der Waals surface area contributed by atoms with E-state index in [1.165, 1.54) is 6.42 Å². The van der Waals surface area contributed by atoms with Crippen LogP contribution in [0.4, 0.5) is 0 Å². The molecule has 0 heterocycles. The first-order chi connectivity index (χ1) is 6.79. The van der Waals surface area contributed by atoms with Gasteiger partial charge in [0.25, 0.3) is 0 Å². The van der Waals surface area contributed by atoms with Gasteiger partial charge < -0.3 is 9.84 Å². The van der Waals surface area contributed by atoms with Gasteiger partial charge in [0, 0.05) is 7.11 Å². The van der Waals surface area contributed by atoms with Crippen molar-refractivity contribution in [1.29, 1.82) is 0 Å². The molecule has 0 aliphatic heterocycles. The minimum Gasteiger partial charge on any atom is -0.390 e. The summed E-state index contributed by atoms with van der Waals surface area (Å²) in [4.78, 5) is 0. The molecule has 2 unspecified atom stereocenters. The van der Waals surface area contributed by atoms with Crippen LogP contribution in [0.2, 0.25) is 0 Å². The monoisotopic (exact) mass is 216 g/mol. The first-order valence-electron chi connectivity index (χ1n) is 6.00. The van der Waals surface area contributed by atoms with Crippen molar-refractivity contribution >= 4 is 0 Å². The van der Waals surface area contributed by atoms with E-state index in [9.17, 15) is 5.11 Å². The van der Waals surface area contributed by atoms with Gasteiger partial charge in [0.05, 0.1) is 12.2 Å². The minimum absolute atomic E-state index is 0.00595. The van der Waals surface area contributed by atoms with E-state index in [2.05, 4.69) is 34.6 Å². The average Bonchev–Trinajstić information content (AvgIpc) is 2.01. The fourth-order valence-electron chi connectivity index (χ4n) is 1.97. The van der Waals surface area contributed by atoms with Gasteiger partial charge in [-0.15, -0.1) is 0 Å². The van der Waals surface area contributed by atoms with Crippen LogP contribution in [0.3, 0.4) is 0 Å². The van der Waals surface area contributed by atoms with E-state index in [1.807, 2.05) is 0 Å². The molecule has 0 rings (SSSR count). The van der Waals surface area contributed by atoms with Gasteiger partial charge in [0.15, 0.2) is 0 Å². The van der Waals surface area contributed by atoms with Crippen LogP contribution in [0.15, 0.2) is 0 Å². The highest BCUT2D eigenvalue weighted by Gasteiger charge is 2.30. The van der Waals surface area contributed by atoms with Crippen molar-refractivity contribution in [3.05, 3.63) is 0 Å². The zero-order valence-electron chi connectivity index (χ0n) is 11.2. The molecule has 0 aromatic heterocycles. The van der Waals surface area contributed by atoms with E-state index < -0.39 is 0 Å². The zero-order chi connectivity index (χ0) is 12.1. The van der Waals surface area contributed by atoms with Crippen LogP contribution in [-0.4, -0.2) is 24.4 Å². The molecule has 0 aromatic rings. The summed E-state index contributed by atoms with van der Waals surface area (Å²) in [6.45, 7) is 10.7. The fourth-order valence-corrected chi connectivity index (χ4v) is 1.97. The molecular weight excluding hydrogens is 188 g/mol. The van der Waals surface area contributed by atoms with Gasteiger partial charge in [-0.3, -0.25) is 0 Å². The summed E-state index contributed by atoms with van der Waals surface area (Å²) in [7, 11) is 1.68. The summed E-state index contributed by atoms with van der Waals surface area (Å²) >= 11 is 0. The topological polar surface area (TPSA) is 29.5 Å². The third-order valence-corrected chi connectivity index (χ3v) is 2.74. The highest BCUT2D eigenvalue weighted by molar-refractivity contribution is 4.81. The van der Waals surface area contributed by atoms with E-state index in [4.69, 9.17) is 4.74 Å². The van der Waals surface area contributed by atoms with Gasteiger partial charge in [-0.25, -0.2) is 0 Å². The molecule has 2 atom stereocenters. The number of hydrogen-bond donors (Lipinski definition) is 1. The van der Waals surface area contributed by atoms with E-state index in [0.717, 1.165) is 12.8 Å². The van der Waals surface area contributed by atoms with Crippen molar-refractivity contribution < 1.29 is 9.84 Å². The van der Waals surface area contributed by atoms with Crippen LogP contribution < -0.4 is 0 Å². The van der Waals surface area contributed by atoms with Crippen LogP contribution in [0.1, 0.15) is 53.9 Å². The predicted octanol–water partition coefficient (Wildman–Crippen LogP) is 3.23. The second-order valence-electron chi connectivity index (χ2n) is 5.91. The smallest absolute Gasteiger partial charge is 0.0878 e. The Balaban J connectivity index is 4.00. The Hall–Kier alpha value is -0.0800. The molecule has 0 aliphatic carbocycles. The van der Waals surface area contributed by atoms with Crippen LogP contribution in [0.25, 0.3) is 0 Å². The van der Waals surface area contributed by atoms with Crippen LogP contribution in [0, 0.1) is 11.3 Å². The standard InChI is InChI=1S/C13H28O2/c1-10(2)8-7-9-11(14)12(15-6)13(3,4)5/h10-12,14H,7-9H2,1-6H3. The Morgan fingerprint density at radius 2 is 1.67 bits per heavy atom. The molecule has 2 heteroatoms. The summed E-state index contributed by atoms with van der Waals surface area (Å²) in [6, 6.07) is 0. The largest absolute Gasteiger partial charge is 0.390 e. The van der Waals surface area contributed by atoms with Crippen LogP contribution in [0.5, 0.6) is 0 Å². The normalized spacial score (nSPS) is 16.8. The summed E-state index contributed by atoms with van der Waals surface area (Å²) in [6.07, 6.45) is 2.69. The van der Waals surface area contributed by atoms with Crippen LogP contribution >= 0.6 is 0 Å². The maximum Gasteiger partial charge on any atom is 0.0878 e. The average molecular weight is 216 g/mol. The van der Waals surface area contributed by atoms with Gasteiger partial charge in [-0.1, -0.05) is 47.5 Å². The van der Waals surface area contributed by atoms with Crippen molar-refractivity contribution in [2.24, 2.45) is 11.3 Å². The molecule has 0 saturated carbocycles. The third-order valence-electron chi connectivity index (χ3n) is 2.74. The molecule has 0 amide bonds. The molecule has 0 saturated heterocycles. The molecular formula is C13H28O2. The number of rotatable bonds is 6. The maximum absolute atomic E-state index is 10.0. The fraction of sp³-hybridized carbons (Fsp3) is 1.00. The number of methoxy groups -OCH3 is 1. The van der Waals surface area contributed by atoms with Gasteiger partial charge in [0.2, 0.25) is 0 Å². The van der Waals surface area contributed by atoms with Gasteiger partial charge in [-0.05, 0) is 17.8 Å². The molecule has 0 aromatic carbocycles. The summed E-state index contributed by atoms with van der Waals surface area (Å²) < 4.78 is 5.38. The first-order valence-corrected chi connectivity index (χ1v) is 6.00. The summed E-state index contributed by atoms with van der Waals surface area (Å²) in [5.74, 6) is 0.716. The number of aliphatic hydroxyl groups is 1. The van der Waals surface area contributed by atoms with Gasteiger partial charge in [0.1, 0.15) is 0 Å². The molecule has 92 valence electrons. The molecule has 0 aliphatic rings. The maximum atomic E-state index is 10.0. The van der Waals surface area contributed by atoms with Crippen molar-refractivity contribution in [3.63, 3.8) is 0 Å². The van der Waals surface area contributed by atoms with E-state index in [1.54, 1.807) is 7.11 Å². The lowest BCUT2D eigenvalue weighted by atomic mass is 9.84. The van der Waals surface area contributed by atoms with Crippen molar-refractivity contribution in [1.82, 2.24) is 0 Å². The lowest BCUT2D eigenvalue weighted by Crippen LogP contribution is -2.39. The second-order valence-corrected chi connectivity index (χ2v) is 5.91. The first kappa shape index (κ1) is 14.9. The highest BCUT2D eigenvalue weighted by atomic mass is 16.5. The van der Waals surface area contributed by atoms with E-state index >= 15 is 0 Å². The summed E-state index contributed by atoms with van der Waals surface area (Å²) in [5.41, 5.74) is 0.00595. The Labute approximate surface area is 95.0 Å². The Kier molecular flexibility index (Phi) is 6.46. The molecule has 0 fully saturated rings. The van der Waals surface area contributed by atoms with Gasteiger partial charge in [-0.2, -0.15) is 0 Å². The zero-order valence-corrected chi connectivity index (χ0v) is 11.2. The molecule has 0 spiro atoms. The van der Waals surface area contributed by atoms with Crippen LogP contribution in [-0.2, 0) is 4.74 Å². The molecule has 1 N–H and O–H groups in total. The number of aliphatic hydroxyl groups excluding tert-OH is 1. The van der Waals surface area contributed by atoms with Crippen molar-refractivity contribution in [2.75, 3.05) is 7.11 Å². The Morgan fingerprint density at radius 3 is 2.00 bits per heavy atom. The lowest BCUT2D eigenvalue weighted by Gasteiger charge is -2.33. The third kappa shape index (κ3) is 6.16. The predicted molar refractivity (Wildman–Crippen MR) is 64.9 cm³/mol. The Morgan fingerprint density at radius 1 is 1.13 bits per heavy atom. The van der Waals surface area contributed by atoms with Gasteiger partial charge >= 0.3 is 0 Å². The van der Waals surface area contributed by atoms with Crippen molar-refractivity contribution in [2.45, 2.75) is 66.1 Å².